The number of allylic oxidation sites excluding steroid dienone is 2. The normalized spacial score (nSPS) is 17.1. The first kappa shape index (κ1) is 33.2. The lowest BCUT2D eigenvalue weighted by molar-refractivity contribution is -0.189. The summed E-state index contributed by atoms with van der Waals surface area (Å²) >= 11 is 0. The van der Waals surface area contributed by atoms with Gasteiger partial charge in [-0.1, -0.05) is 43.3 Å². The fourth-order valence-electron chi connectivity index (χ4n) is 5.92. The maximum Gasteiger partial charge on any atom is 0.432 e. The van der Waals surface area contributed by atoms with E-state index in [1.807, 2.05) is 6.07 Å². The number of alkyl halides is 2. The summed E-state index contributed by atoms with van der Waals surface area (Å²) in [4.78, 5) is 0. The van der Waals surface area contributed by atoms with E-state index in [1.165, 1.54) is 12.1 Å². The van der Waals surface area contributed by atoms with Crippen molar-refractivity contribution in [3.05, 3.63) is 125 Å². The highest BCUT2D eigenvalue weighted by Crippen LogP contribution is 2.40. The molecule has 1 fully saturated rings. The maximum atomic E-state index is 15.2. The molecule has 0 aromatic heterocycles. The molecule has 1 aliphatic carbocycles. The lowest BCUT2D eigenvalue weighted by atomic mass is 9.77. The second-order valence-electron chi connectivity index (χ2n) is 11.4. The molecular weight excluding hydrogens is 619 g/mol. The summed E-state index contributed by atoms with van der Waals surface area (Å²) in [6, 6.07) is 9.31. The van der Waals surface area contributed by atoms with Crippen LogP contribution in [0.3, 0.4) is 0 Å². The Kier molecular flexibility index (Phi) is 9.84. The van der Waals surface area contributed by atoms with Gasteiger partial charge in [0.1, 0.15) is 34.6 Å². The molecule has 10 heteroatoms. The topological polar surface area (TPSA) is 9.23 Å². The molecule has 0 aliphatic heterocycles. The molecule has 4 aromatic rings. The van der Waals surface area contributed by atoms with Crippen molar-refractivity contribution in [3.63, 3.8) is 0 Å². The van der Waals surface area contributed by atoms with Crippen LogP contribution in [0.1, 0.15) is 62.5 Å². The molecule has 0 saturated heterocycles. The fourth-order valence-corrected chi connectivity index (χ4v) is 5.92. The lowest BCUT2D eigenvalue weighted by Crippen LogP contribution is -2.25. The molecule has 0 radical (unpaired) electrons. The summed E-state index contributed by atoms with van der Waals surface area (Å²) in [6.07, 6.45) is 5.63. The van der Waals surface area contributed by atoms with Crippen LogP contribution in [-0.2, 0) is 6.11 Å². The second kappa shape index (κ2) is 13.6. The van der Waals surface area contributed by atoms with Crippen LogP contribution in [-0.4, -0.2) is 0 Å². The van der Waals surface area contributed by atoms with Crippen LogP contribution in [0.5, 0.6) is 5.75 Å². The van der Waals surface area contributed by atoms with Crippen LogP contribution in [0.2, 0.25) is 0 Å². The third-order valence-corrected chi connectivity index (χ3v) is 8.31. The predicted octanol–water partition coefficient (Wildman–Crippen LogP) is 11.8. The van der Waals surface area contributed by atoms with Crippen molar-refractivity contribution in [1.82, 2.24) is 0 Å². The molecule has 242 valence electrons. The van der Waals surface area contributed by atoms with Gasteiger partial charge in [0.15, 0.2) is 17.5 Å². The molecule has 5 rings (SSSR count). The van der Waals surface area contributed by atoms with E-state index in [0.717, 1.165) is 56.2 Å². The zero-order chi connectivity index (χ0) is 33.2. The Morgan fingerprint density at radius 2 is 1.22 bits per heavy atom. The third kappa shape index (κ3) is 7.11. The van der Waals surface area contributed by atoms with Gasteiger partial charge in [-0.3, -0.25) is 0 Å². The van der Waals surface area contributed by atoms with Gasteiger partial charge >= 0.3 is 6.11 Å². The minimum absolute atomic E-state index is 0.0856. The van der Waals surface area contributed by atoms with Crippen LogP contribution in [0.15, 0.2) is 72.8 Å². The molecule has 1 nitrogen and oxygen atoms in total. The van der Waals surface area contributed by atoms with Gasteiger partial charge in [-0.15, -0.1) is 0 Å². The zero-order valence-electron chi connectivity index (χ0n) is 24.6. The van der Waals surface area contributed by atoms with E-state index >= 15 is 8.78 Å². The van der Waals surface area contributed by atoms with E-state index in [9.17, 15) is 30.7 Å². The Hall–Kier alpha value is -4.21. The zero-order valence-corrected chi connectivity index (χ0v) is 24.6. The average molecular weight is 649 g/mol. The molecule has 46 heavy (non-hydrogen) atoms. The molecule has 0 spiro atoms. The number of ether oxygens (including phenoxy) is 1. The van der Waals surface area contributed by atoms with Gasteiger partial charge in [-0.2, -0.15) is 8.78 Å². The van der Waals surface area contributed by atoms with E-state index in [1.54, 1.807) is 6.07 Å². The predicted molar refractivity (Wildman–Crippen MR) is 157 cm³/mol. The van der Waals surface area contributed by atoms with Crippen molar-refractivity contribution in [2.75, 3.05) is 0 Å². The van der Waals surface area contributed by atoms with Crippen LogP contribution >= 0.6 is 0 Å². The Morgan fingerprint density at radius 3 is 1.80 bits per heavy atom. The smallest absolute Gasteiger partial charge is 0.429 e. The van der Waals surface area contributed by atoms with Crippen LogP contribution in [0.25, 0.3) is 22.3 Å². The first-order valence-electron chi connectivity index (χ1n) is 14.8. The highest BCUT2D eigenvalue weighted by molar-refractivity contribution is 5.72. The highest BCUT2D eigenvalue weighted by Gasteiger charge is 2.41. The summed E-state index contributed by atoms with van der Waals surface area (Å²) in [6.45, 7) is 2.09. The van der Waals surface area contributed by atoms with Crippen molar-refractivity contribution in [1.29, 1.82) is 0 Å². The quantitative estimate of drug-likeness (QED) is 0.0997. The first-order chi connectivity index (χ1) is 21.9. The van der Waals surface area contributed by atoms with Gasteiger partial charge in [0.05, 0.1) is 0 Å². The largest absolute Gasteiger partial charge is 0.432 e. The summed E-state index contributed by atoms with van der Waals surface area (Å²) in [7, 11) is 0. The van der Waals surface area contributed by atoms with Crippen molar-refractivity contribution in [2.45, 2.75) is 57.5 Å². The van der Waals surface area contributed by atoms with E-state index < -0.39 is 63.7 Å². The van der Waals surface area contributed by atoms with Crippen molar-refractivity contribution < 1.29 is 44.3 Å². The summed E-state index contributed by atoms with van der Waals surface area (Å²) in [5.74, 6) is -11.3. The molecule has 1 aliphatic rings. The van der Waals surface area contributed by atoms with Gasteiger partial charge < -0.3 is 4.74 Å². The van der Waals surface area contributed by atoms with Crippen molar-refractivity contribution in [3.8, 4) is 28.0 Å². The van der Waals surface area contributed by atoms with Gasteiger partial charge in [0.25, 0.3) is 0 Å². The number of hydrogen-bond acceptors (Lipinski definition) is 1. The molecular formula is C36H29F9O. The van der Waals surface area contributed by atoms with Crippen molar-refractivity contribution in [2.24, 2.45) is 5.92 Å². The second-order valence-corrected chi connectivity index (χ2v) is 11.4. The standard InChI is InChI=1S/C36H29F9O/c1-2-3-4-5-20-6-8-21(9-7-20)22-10-12-26(28(37)14-22)23-11-13-27(29(38)15-23)24-16-30(39)34(31(40)17-24)36(44,45)46-25-18-32(41)35(43)33(42)19-25/h3-4,10-21H,2,5-9H2,1H3/b4-3-. The average Bonchev–Trinajstić information content (AvgIpc) is 2.99. The van der Waals surface area contributed by atoms with Gasteiger partial charge in [-0.05, 0) is 91.3 Å². The Labute approximate surface area is 260 Å². The molecule has 1 saturated carbocycles. The number of benzene rings is 4. The summed E-state index contributed by atoms with van der Waals surface area (Å²) in [5.41, 5.74) is -1.58. The highest BCUT2D eigenvalue weighted by atomic mass is 19.3. The Balaban J connectivity index is 1.33. The maximum absolute atomic E-state index is 15.2. The molecule has 4 aromatic carbocycles. The minimum atomic E-state index is -4.79. The molecule has 0 unspecified atom stereocenters. The molecule has 0 atom stereocenters. The fraction of sp³-hybridized carbons (Fsp3) is 0.278. The van der Waals surface area contributed by atoms with Gasteiger partial charge in [-0.25, -0.2) is 30.7 Å². The summed E-state index contributed by atoms with van der Waals surface area (Å²) in [5, 5.41) is 0. The lowest BCUT2D eigenvalue weighted by Gasteiger charge is -2.28. The first-order valence-corrected chi connectivity index (χ1v) is 14.8. The third-order valence-electron chi connectivity index (χ3n) is 8.31. The van der Waals surface area contributed by atoms with Crippen LogP contribution < -0.4 is 4.74 Å². The van der Waals surface area contributed by atoms with Crippen LogP contribution in [0.4, 0.5) is 39.5 Å². The Morgan fingerprint density at radius 1 is 0.652 bits per heavy atom. The molecule has 0 N–H and O–H groups in total. The van der Waals surface area contributed by atoms with E-state index in [0.29, 0.717) is 18.1 Å². The van der Waals surface area contributed by atoms with Crippen molar-refractivity contribution >= 4 is 0 Å². The van der Waals surface area contributed by atoms with E-state index in [-0.39, 0.29) is 34.7 Å². The Bertz CT molecular complexity index is 1710. The van der Waals surface area contributed by atoms with E-state index in [4.69, 9.17) is 0 Å². The monoisotopic (exact) mass is 648 g/mol. The number of rotatable bonds is 9. The SMILES string of the molecule is CC/C=C\CC1CCC(c2ccc(-c3ccc(-c4cc(F)c(C(F)(F)Oc5cc(F)c(F)c(F)c5)c(F)c4)c(F)c3)c(F)c2)CC1. The molecule has 0 bridgehead atoms. The van der Waals surface area contributed by atoms with Crippen LogP contribution in [0, 0.1) is 46.6 Å². The van der Waals surface area contributed by atoms with Gasteiger partial charge in [0.2, 0.25) is 0 Å². The van der Waals surface area contributed by atoms with Gasteiger partial charge in [0, 0.05) is 23.3 Å². The minimum Gasteiger partial charge on any atom is -0.429 e. The molecule has 0 amide bonds. The van der Waals surface area contributed by atoms with E-state index in [2.05, 4.69) is 23.8 Å². The number of hydrogen-bond donors (Lipinski definition) is 0. The number of halogens is 9. The summed E-state index contributed by atoms with van der Waals surface area (Å²) < 4.78 is 134. The molecule has 0 heterocycles.